The zero-order chi connectivity index (χ0) is 19.4. The number of aromatic nitrogens is 1. The Labute approximate surface area is 155 Å². The van der Waals surface area contributed by atoms with Crippen LogP contribution in [0.5, 0.6) is 5.88 Å². The van der Waals surface area contributed by atoms with Crippen LogP contribution >= 0.6 is 0 Å². The number of halogens is 2. The van der Waals surface area contributed by atoms with Crippen LogP contribution in [-0.2, 0) is 6.61 Å². The van der Waals surface area contributed by atoms with E-state index in [-0.39, 0.29) is 23.7 Å². The molecule has 0 aliphatic heterocycles. The number of pyridine rings is 1. The van der Waals surface area contributed by atoms with E-state index in [1.807, 2.05) is 0 Å². The average Bonchev–Trinajstić information content (AvgIpc) is 2.63. The summed E-state index contributed by atoms with van der Waals surface area (Å²) in [4.78, 5) is 16.5. The van der Waals surface area contributed by atoms with Crippen LogP contribution in [-0.4, -0.2) is 10.9 Å². The third-order valence-electron chi connectivity index (χ3n) is 3.93. The van der Waals surface area contributed by atoms with Gasteiger partial charge in [0.15, 0.2) is 0 Å². The predicted molar refractivity (Wildman–Crippen MR) is 98.8 cm³/mol. The topological polar surface area (TPSA) is 51.2 Å². The van der Waals surface area contributed by atoms with E-state index < -0.39 is 11.7 Å². The first kappa shape index (κ1) is 18.5. The normalized spacial score (nSPS) is 10.5. The van der Waals surface area contributed by atoms with Gasteiger partial charge >= 0.3 is 0 Å². The number of nitrogens with zero attached hydrogens (tertiary/aromatic N) is 1. The Balaban J connectivity index is 1.69. The van der Waals surface area contributed by atoms with Gasteiger partial charge < -0.3 is 10.1 Å². The minimum absolute atomic E-state index is 0.106. The van der Waals surface area contributed by atoms with E-state index in [0.29, 0.717) is 17.0 Å². The molecule has 0 aliphatic rings. The maximum Gasteiger partial charge on any atom is 0.257 e. The Kier molecular flexibility index (Phi) is 5.45. The summed E-state index contributed by atoms with van der Waals surface area (Å²) in [5, 5.41) is 2.53. The summed E-state index contributed by atoms with van der Waals surface area (Å²) in [6.07, 6.45) is 1.36. The number of carbonyl (C=O) groups is 1. The van der Waals surface area contributed by atoms with Crippen LogP contribution in [0.1, 0.15) is 27.0 Å². The number of ether oxygens (including phenoxy) is 1. The van der Waals surface area contributed by atoms with Gasteiger partial charge in [0.1, 0.15) is 18.2 Å². The lowest BCUT2D eigenvalue weighted by Crippen LogP contribution is -2.14. The number of nitrogens with one attached hydrogen (secondary N) is 1. The van der Waals surface area contributed by atoms with E-state index in [1.165, 1.54) is 30.5 Å². The first-order valence-corrected chi connectivity index (χ1v) is 8.34. The van der Waals surface area contributed by atoms with Crippen LogP contribution in [0.3, 0.4) is 0 Å². The second-order valence-electron chi connectivity index (χ2n) is 6.20. The molecule has 4 nitrogen and oxygen atoms in total. The van der Waals surface area contributed by atoms with E-state index in [9.17, 15) is 13.6 Å². The fourth-order valence-corrected chi connectivity index (χ4v) is 2.53. The molecule has 0 atom stereocenters. The van der Waals surface area contributed by atoms with E-state index in [2.05, 4.69) is 10.3 Å². The van der Waals surface area contributed by atoms with Crippen molar-refractivity contribution in [2.45, 2.75) is 20.5 Å². The van der Waals surface area contributed by atoms with Crippen LogP contribution in [0.4, 0.5) is 14.5 Å². The summed E-state index contributed by atoms with van der Waals surface area (Å²) >= 11 is 0. The summed E-state index contributed by atoms with van der Waals surface area (Å²) in [7, 11) is 0. The average molecular weight is 368 g/mol. The van der Waals surface area contributed by atoms with Crippen molar-refractivity contribution in [3.8, 4) is 5.88 Å². The lowest BCUT2D eigenvalue weighted by molar-refractivity contribution is 0.102. The van der Waals surface area contributed by atoms with E-state index >= 15 is 0 Å². The van der Waals surface area contributed by atoms with Gasteiger partial charge in [-0.2, -0.15) is 0 Å². The number of benzene rings is 2. The molecule has 1 amide bonds. The zero-order valence-electron chi connectivity index (χ0n) is 14.9. The smallest absolute Gasteiger partial charge is 0.257 e. The molecule has 0 saturated heterocycles. The van der Waals surface area contributed by atoms with Gasteiger partial charge in [-0.25, -0.2) is 13.8 Å². The van der Waals surface area contributed by atoms with Crippen LogP contribution in [0.25, 0.3) is 0 Å². The molecule has 0 bridgehead atoms. The van der Waals surface area contributed by atoms with Crippen molar-refractivity contribution in [2.75, 3.05) is 5.32 Å². The fourth-order valence-electron chi connectivity index (χ4n) is 2.53. The van der Waals surface area contributed by atoms with Gasteiger partial charge in [-0.05, 0) is 55.3 Å². The number of carbonyl (C=O) groups excluding carboxylic acids is 1. The molecule has 3 rings (SSSR count). The van der Waals surface area contributed by atoms with Gasteiger partial charge in [0.2, 0.25) is 5.88 Å². The maximum absolute atomic E-state index is 13.9. The molecule has 138 valence electrons. The largest absolute Gasteiger partial charge is 0.473 e. The molecule has 0 spiro atoms. The number of hydrogen-bond donors (Lipinski definition) is 1. The van der Waals surface area contributed by atoms with Crippen LogP contribution in [0.2, 0.25) is 0 Å². The van der Waals surface area contributed by atoms with Gasteiger partial charge in [0.05, 0.1) is 11.3 Å². The molecular formula is C21H18F2N2O2. The Bertz CT molecular complexity index is 990. The molecule has 0 unspecified atom stereocenters. The van der Waals surface area contributed by atoms with Gasteiger partial charge in [-0.1, -0.05) is 18.2 Å². The Morgan fingerprint density at radius 3 is 2.63 bits per heavy atom. The highest BCUT2D eigenvalue weighted by Gasteiger charge is 2.12. The minimum atomic E-state index is -0.497. The molecular weight excluding hydrogens is 350 g/mol. The molecule has 1 N–H and O–H groups in total. The summed E-state index contributed by atoms with van der Waals surface area (Å²) < 4.78 is 32.7. The van der Waals surface area contributed by atoms with Crippen molar-refractivity contribution in [1.29, 1.82) is 0 Å². The number of amides is 1. The Hall–Kier alpha value is -3.28. The lowest BCUT2D eigenvalue weighted by atomic mass is 10.2. The number of anilines is 1. The Morgan fingerprint density at radius 1 is 1.11 bits per heavy atom. The molecule has 1 aromatic heterocycles. The molecule has 3 aromatic rings. The summed E-state index contributed by atoms with van der Waals surface area (Å²) in [6.45, 7) is 3.67. The van der Waals surface area contributed by atoms with Crippen LogP contribution < -0.4 is 10.1 Å². The number of rotatable bonds is 5. The molecule has 1 heterocycles. The zero-order valence-corrected chi connectivity index (χ0v) is 14.9. The molecule has 0 fully saturated rings. The van der Waals surface area contributed by atoms with Gasteiger partial charge in [-0.15, -0.1) is 0 Å². The number of aryl methyl sites for hydroxylation is 2. The van der Waals surface area contributed by atoms with E-state index in [1.54, 1.807) is 38.1 Å². The molecule has 6 heteroatoms. The van der Waals surface area contributed by atoms with Crippen LogP contribution in [0.15, 0.2) is 54.7 Å². The fraction of sp³-hybridized carbons (Fsp3) is 0.143. The second kappa shape index (κ2) is 7.95. The molecule has 0 saturated carbocycles. The lowest BCUT2D eigenvalue weighted by Gasteiger charge is -2.11. The highest BCUT2D eigenvalue weighted by Crippen LogP contribution is 2.20. The molecule has 0 aliphatic carbocycles. The second-order valence-corrected chi connectivity index (χ2v) is 6.20. The van der Waals surface area contributed by atoms with Crippen molar-refractivity contribution in [3.63, 3.8) is 0 Å². The summed E-state index contributed by atoms with van der Waals surface area (Å²) in [5.74, 6) is -0.957. The molecule has 2 aromatic carbocycles. The van der Waals surface area contributed by atoms with Crippen molar-refractivity contribution in [1.82, 2.24) is 4.98 Å². The van der Waals surface area contributed by atoms with Crippen molar-refractivity contribution >= 4 is 11.6 Å². The standard InChI is InChI=1S/C21H18F2N2O2/c1-13-6-7-19(18(23)8-13)25-20(26)16-9-14(2)21(24-11-16)27-12-15-4-3-5-17(22)10-15/h3-11H,12H2,1-2H3,(H,25,26). The minimum Gasteiger partial charge on any atom is -0.473 e. The third-order valence-corrected chi connectivity index (χ3v) is 3.93. The van der Waals surface area contributed by atoms with Crippen LogP contribution in [0, 0.1) is 25.5 Å². The Morgan fingerprint density at radius 2 is 1.93 bits per heavy atom. The SMILES string of the molecule is Cc1ccc(NC(=O)c2cnc(OCc3cccc(F)c3)c(C)c2)c(F)c1. The summed E-state index contributed by atoms with van der Waals surface area (Å²) in [6, 6.07) is 12.3. The van der Waals surface area contributed by atoms with Gasteiger partial charge in [0.25, 0.3) is 5.91 Å². The highest BCUT2D eigenvalue weighted by atomic mass is 19.1. The quantitative estimate of drug-likeness (QED) is 0.703. The maximum atomic E-state index is 13.9. The van der Waals surface area contributed by atoms with Gasteiger partial charge in [0, 0.05) is 11.8 Å². The summed E-state index contributed by atoms with van der Waals surface area (Å²) in [5.41, 5.74) is 2.47. The predicted octanol–water partition coefficient (Wildman–Crippen LogP) is 4.81. The number of hydrogen-bond acceptors (Lipinski definition) is 3. The molecule has 0 radical (unpaired) electrons. The van der Waals surface area contributed by atoms with E-state index in [4.69, 9.17) is 4.74 Å². The first-order valence-electron chi connectivity index (χ1n) is 8.34. The third kappa shape index (κ3) is 4.67. The highest BCUT2D eigenvalue weighted by molar-refractivity contribution is 6.04. The van der Waals surface area contributed by atoms with Crippen molar-refractivity contribution < 1.29 is 18.3 Å². The van der Waals surface area contributed by atoms with Crippen molar-refractivity contribution in [2.24, 2.45) is 0 Å². The van der Waals surface area contributed by atoms with E-state index in [0.717, 1.165) is 5.56 Å². The van der Waals surface area contributed by atoms with Gasteiger partial charge in [-0.3, -0.25) is 4.79 Å². The van der Waals surface area contributed by atoms with Crippen molar-refractivity contribution in [3.05, 3.63) is 88.6 Å². The first-order chi connectivity index (χ1) is 12.9. The molecule has 27 heavy (non-hydrogen) atoms. The monoisotopic (exact) mass is 368 g/mol.